The van der Waals surface area contributed by atoms with Crippen molar-refractivity contribution in [1.82, 2.24) is 14.6 Å². The molecule has 0 spiro atoms. The molecule has 0 bridgehead atoms. The molecule has 0 unspecified atom stereocenters. The van der Waals surface area contributed by atoms with Crippen LogP contribution in [0.2, 0.25) is 0 Å². The summed E-state index contributed by atoms with van der Waals surface area (Å²) in [6.07, 6.45) is 3.87. The summed E-state index contributed by atoms with van der Waals surface area (Å²) in [7, 11) is 0. The minimum Gasteiger partial charge on any atom is -0.304 e. The van der Waals surface area contributed by atoms with Crippen molar-refractivity contribution in [2.75, 3.05) is 5.32 Å². The minimum atomic E-state index is -0.683. The van der Waals surface area contributed by atoms with Crippen molar-refractivity contribution in [3.05, 3.63) is 59.4 Å². The molecule has 3 aromatic rings. The first-order valence-electron chi connectivity index (χ1n) is 9.14. The maximum Gasteiger partial charge on any atom is 0.297 e. The van der Waals surface area contributed by atoms with Gasteiger partial charge in [-0.1, -0.05) is 39.0 Å². The van der Waals surface area contributed by atoms with Crippen LogP contribution in [0.25, 0.3) is 5.65 Å². The van der Waals surface area contributed by atoms with Gasteiger partial charge in [0.25, 0.3) is 11.7 Å². The number of benzene rings is 1. The Kier molecular flexibility index (Phi) is 4.06. The number of aromatic nitrogens is 3. The number of carbonyl (C=O) groups is 2. The molecule has 0 aliphatic heterocycles. The molecule has 4 rings (SSSR count). The highest BCUT2D eigenvalue weighted by atomic mass is 16.2. The first-order chi connectivity index (χ1) is 12.8. The topological polar surface area (TPSA) is 76.4 Å². The van der Waals surface area contributed by atoms with Gasteiger partial charge in [-0.05, 0) is 36.0 Å². The van der Waals surface area contributed by atoms with Gasteiger partial charge in [-0.15, -0.1) is 0 Å². The fraction of sp³-hybridized carbons (Fsp3) is 0.333. The third-order valence-electron chi connectivity index (χ3n) is 4.81. The number of ketones is 1. The first kappa shape index (κ1) is 17.4. The van der Waals surface area contributed by atoms with Crippen LogP contribution in [0.1, 0.15) is 61.1 Å². The third-order valence-corrected chi connectivity index (χ3v) is 4.81. The molecule has 2 aromatic heterocycles. The van der Waals surface area contributed by atoms with Gasteiger partial charge < -0.3 is 5.32 Å². The van der Waals surface area contributed by atoms with Crippen LogP contribution in [-0.4, -0.2) is 26.3 Å². The lowest BCUT2D eigenvalue weighted by atomic mass is 9.86. The fourth-order valence-electron chi connectivity index (χ4n) is 3.02. The summed E-state index contributed by atoms with van der Waals surface area (Å²) in [4.78, 5) is 29.5. The molecule has 1 fully saturated rings. The smallest absolute Gasteiger partial charge is 0.297 e. The highest BCUT2D eigenvalue weighted by Crippen LogP contribution is 2.39. The van der Waals surface area contributed by atoms with Crippen LogP contribution in [0.5, 0.6) is 0 Å². The molecule has 0 atom stereocenters. The summed E-state index contributed by atoms with van der Waals surface area (Å²) in [5.41, 5.74) is 2.93. The molecule has 6 nitrogen and oxygen atoms in total. The Bertz CT molecular complexity index is 1040. The van der Waals surface area contributed by atoms with Gasteiger partial charge in [0.15, 0.2) is 5.65 Å². The van der Waals surface area contributed by atoms with E-state index in [0.29, 0.717) is 22.9 Å². The third kappa shape index (κ3) is 3.47. The Hall–Kier alpha value is -3.02. The lowest BCUT2D eigenvalue weighted by Crippen LogP contribution is -2.25. The highest BCUT2D eigenvalue weighted by molar-refractivity contribution is 6.46. The average molecular weight is 362 g/mol. The maximum absolute atomic E-state index is 12.6. The van der Waals surface area contributed by atoms with Crippen molar-refractivity contribution in [2.45, 2.75) is 44.9 Å². The van der Waals surface area contributed by atoms with Gasteiger partial charge in [0.05, 0.1) is 5.69 Å². The average Bonchev–Trinajstić information content (AvgIpc) is 3.39. The number of hydrogen-bond donors (Lipinski definition) is 1. The van der Waals surface area contributed by atoms with Gasteiger partial charge >= 0.3 is 0 Å². The second-order valence-electron chi connectivity index (χ2n) is 8.06. The molecule has 27 heavy (non-hydrogen) atoms. The van der Waals surface area contributed by atoms with E-state index in [0.717, 1.165) is 24.1 Å². The van der Waals surface area contributed by atoms with Crippen LogP contribution >= 0.6 is 0 Å². The number of rotatable bonds is 4. The summed E-state index contributed by atoms with van der Waals surface area (Å²) < 4.78 is 1.59. The lowest BCUT2D eigenvalue weighted by Gasteiger charge is -2.19. The number of nitrogens with zero attached hydrogens (tertiary/aromatic N) is 3. The lowest BCUT2D eigenvalue weighted by molar-refractivity contribution is -0.112. The largest absolute Gasteiger partial charge is 0.304 e. The van der Waals surface area contributed by atoms with E-state index in [4.69, 9.17) is 0 Å². The number of nitrogens with one attached hydrogen (secondary N) is 1. The molecule has 1 aromatic carbocycles. The molecular formula is C21H22N4O2. The van der Waals surface area contributed by atoms with Crippen LogP contribution in [0.3, 0.4) is 0 Å². The maximum atomic E-state index is 12.6. The van der Waals surface area contributed by atoms with Crippen molar-refractivity contribution in [1.29, 1.82) is 0 Å². The molecule has 0 radical (unpaired) electrons. The van der Waals surface area contributed by atoms with Gasteiger partial charge in [0.2, 0.25) is 0 Å². The van der Waals surface area contributed by atoms with Gasteiger partial charge in [-0.2, -0.15) is 9.61 Å². The quantitative estimate of drug-likeness (QED) is 0.567. The van der Waals surface area contributed by atoms with E-state index in [-0.39, 0.29) is 5.41 Å². The summed E-state index contributed by atoms with van der Waals surface area (Å²) in [6, 6.07) is 10.8. The Labute approximate surface area is 157 Å². The SMILES string of the molecule is CC(C)(C)c1cccc(C(=O)C(=O)Nc2ccnc3cc(C4CC4)nn23)c1. The van der Waals surface area contributed by atoms with Gasteiger partial charge in [-0.25, -0.2) is 4.98 Å². The molecule has 1 N–H and O–H groups in total. The number of hydrogen-bond acceptors (Lipinski definition) is 4. The van der Waals surface area contributed by atoms with Crippen molar-refractivity contribution < 1.29 is 9.59 Å². The number of carbonyl (C=O) groups excluding carboxylic acids is 2. The summed E-state index contributed by atoms with van der Waals surface area (Å²) in [5.74, 6) is -0.327. The van der Waals surface area contributed by atoms with Gasteiger partial charge in [-0.3, -0.25) is 9.59 Å². The number of Topliss-reactive ketones (excluding diaryl/α,β-unsaturated/α-hetero) is 1. The van der Waals surface area contributed by atoms with Crippen molar-refractivity contribution in [3.8, 4) is 0 Å². The van der Waals surface area contributed by atoms with E-state index in [2.05, 4.69) is 36.2 Å². The molecule has 0 saturated heterocycles. The van der Waals surface area contributed by atoms with Crippen LogP contribution in [-0.2, 0) is 10.2 Å². The Morgan fingerprint density at radius 1 is 1.15 bits per heavy atom. The predicted octanol–water partition coefficient (Wildman–Crippen LogP) is 3.73. The molecular weight excluding hydrogens is 340 g/mol. The minimum absolute atomic E-state index is 0.0989. The Morgan fingerprint density at radius 2 is 1.93 bits per heavy atom. The van der Waals surface area contributed by atoms with Crippen LogP contribution in [0, 0.1) is 0 Å². The number of fused-ring (bicyclic) bond motifs is 1. The molecule has 138 valence electrons. The summed E-state index contributed by atoms with van der Waals surface area (Å²) >= 11 is 0. The zero-order chi connectivity index (χ0) is 19.2. The van der Waals surface area contributed by atoms with Crippen LogP contribution < -0.4 is 5.32 Å². The van der Waals surface area contributed by atoms with Crippen molar-refractivity contribution in [3.63, 3.8) is 0 Å². The second kappa shape index (κ2) is 6.30. The van der Waals surface area contributed by atoms with Crippen LogP contribution in [0.4, 0.5) is 5.82 Å². The molecule has 6 heteroatoms. The zero-order valence-corrected chi connectivity index (χ0v) is 15.7. The Morgan fingerprint density at radius 3 is 2.63 bits per heavy atom. The molecule has 1 amide bonds. The summed E-state index contributed by atoms with van der Waals surface area (Å²) in [6.45, 7) is 6.21. The summed E-state index contributed by atoms with van der Waals surface area (Å²) in [5, 5.41) is 7.22. The molecule has 1 aliphatic carbocycles. The van der Waals surface area contributed by atoms with E-state index >= 15 is 0 Å². The second-order valence-corrected chi connectivity index (χ2v) is 8.06. The highest BCUT2D eigenvalue weighted by Gasteiger charge is 2.27. The van der Waals surface area contributed by atoms with Gasteiger partial charge in [0.1, 0.15) is 5.82 Å². The van der Waals surface area contributed by atoms with Crippen molar-refractivity contribution >= 4 is 23.2 Å². The van der Waals surface area contributed by atoms with E-state index in [9.17, 15) is 9.59 Å². The monoisotopic (exact) mass is 362 g/mol. The Balaban J connectivity index is 1.59. The predicted molar refractivity (Wildman–Crippen MR) is 103 cm³/mol. The fourth-order valence-corrected chi connectivity index (χ4v) is 3.02. The van der Waals surface area contributed by atoms with Crippen LogP contribution in [0.15, 0.2) is 42.6 Å². The molecule has 1 aliphatic rings. The number of anilines is 1. The first-order valence-corrected chi connectivity index (χ1v) is 9.14. The number of amides is 1. The zero-order valence-electron chi connectivity index (χ0n) is 15.7. The van der Waals surface area contributed by atoms with Crippen molar-refractivity contribution in [2.24, 2.45) is 0 Å². The molecule has 1 saturated carbocycles. The van der Waals surface area contributed by atoms with E-state index < -0.39 is 11.7 Å². The van der Waals surface area contributed by atoms with E-state index in [1.807, 2.05) is 12.1 Å². The van der Waals surface area contributed by atoms with E-state index in [1.54, 1.807) is 35.0 Å². The normalized spacial score (nSPS) is 14.3. The van der Waals surface area contributed by atoms with E-state index in [1.165, 1.54) is 0 Å². The standard InChI is InChI=1S/C21H22N4O2/c1-21(2,3)15-6-4-5-14(11-15)19(26)20(27)23-17-9-10-22-18-12-16(13-7-8-13)24-25(17)18/h4-6,9-13H,7-8H2,1-3H3,(H,23,27). The molecule has 2 heterocycles. The van der Waals surface area contributed by atoms with Gasteiger partial charge in [0, 0.05) is 23.7 Å².